The van der Waals surface area contributed by atoms with Crippen LogP contribution in [0.25, 0.3) is 0 Å². The summed E-state index contributed by atoms with van der Waals surface area (Å²) in [5, 5.41) is 3.01. The molecule has 0 aliphatic carbocycles. The molecule has 0 radical (unpaired) electrons. The van der Waals surface area contributed by atoms with Gasteiger partial charge in [-0.2, -0.15) is 0 Å². The molecule has 3 N–H and O–H groups in total. The van der Waals surface area contributed by atoms with Gasteiger partial charge in [0.05, 0.1) is 6.04 Å². The Hall–Kier alpha value is -1.10. The third-order valence-corrected chi connectivity index (χ3v) is 3.41. The maximum Gasteiger partial charge on any atom is 0.239 e. The highest BCUT2D eigenvalue weighted by Crippen LogP contribution is 2.12. The van der Waals surface area contributed by atoms with Gasteiger partial charge in [0.15, 0.2) is 0 Å². The zero-order valence-corrected chi connectivity index (χ0v) is 11.4. The molecule has 5 heteroatoms. The van der Waals surface area contributed by atoms with E-state index in [9.17, 15) is 9.59 Å². The van der Waals surface area contributed by atoms with Crippen molar-refractivity contribution in [3.05, 3.63) is 0 Å². The van der Waals surface area contributed by atoms with E-state index in [4.69, 9.17) is 5.73 Å². The van der Waals surface area contributed by atoms with Crippen LogP contribution >= 0.6 is 0 Å². The number of hydrogen-bond donors (Lipinski definition) is 2. The SMILES string of the molecule is CCCC(=O)NC1CCN(C(=O)[C@H](N)CC)CC1. The second-order valence-corrected chi connectivity index (χ2v) is 4.93. The highest BCUT2D eigenvalue weighted by molar-refractivity contribution is 5.81. The van der Waals surface area contributed by atoms with Crippen LogP contribution in [-0.4, -0.2) is 41.9 Å². The van der Waals surface area contributed by atoms with E-state index in [1.54, 1.807) is 0 Å². The molecule has 0 saturated carbocycles. The Kier molecular flexibility index (Phi) is 6.12. The number of likely N-dealkylation sites (tertiary alicyclic amines) is 1. The molecule has 1 saturated heterocycles. The van der Waals surface area contributed by atoms with Gasteiger partial charge in [0.1, 0.15) is 0 Å². The van der Waals surface area contributed by atoms with Gasteiger partial charge in [0.25, 0.3) is 0 Å². The number of carbonyl (C=O) groups excluding carboxylic acids is 2. The molecule has 5 nitrogen and oxygen atoms in total. The van der Waals surface area contributed by atoms with E-state index in [2.05, 4.69) is 5.32 Å². The van der Waals surface area contributed by atoms with Crippen molar-refractivity contribution < 1.29 is 9.59 Å². The average Bonchev–Trinajstić information content (AvgIpc) is 2.38. The van der Waals surface area contributed by atoms with E-state index in [1.807, 2.05) is 18.7 Å². The molecule has 0 aromatic heterocycles. The minimum atomic E-state index is -0.378. The summed E-state index contributed by atoms with van der Waals surface area (Å²) in [5.74, 6) is 0.156. The highest BCUT2D eigenvalue weighted by atomic mass is 16.2. The van der Waals surface area contributed by atoms with Crippen molar-refractivity contribution in [3.63, 3.8) is 0 Å². The molecule has 1 fully saturated rings. The smallest absolute Gasteiger partial charge is 0.239 e. The summed E-state index contributed by atoms with van der Waals surface area (Å²) in [6, 6.07) is -0.165. The van der Waals surface area contributed by atoms with Crippen LogP contribution in [0.1, 0.15) is 46.0 Å². The molecular formula is C13H25N3O2. The predicted molar refractivity (Wildman–Crippen MR) is 70.9 cm³/mol. The number of carbonyl (C=O) groups is 2. The summed E-state index contributed by atoms with van der Waals surface area (Å²) < 4.78 is 0. The summed E-state index contributed by atoms with van der Waals surface area (Å²) in [5.41, 5.74) is 5.74. The molecule has 0 unspecified atom stereocenters. The minimum absolute atomic E-state index is 0.0378. The first kappa shape index (κ1) is 15.0. The molecule has 1 heterocycles. The molecule has 104 valence electrons. The minimum Gasteiger partial charge on any atom is -0.353 e. The van der Waals surface area contributed by atoms with Crippen LogP contribution in [0.15, 0.2) is 0 Å². The third kappa shape index (κ3) is 4.29. The van der Waals surface area contributed by atoms with Crippen molar-refractivity contribution in [1.29, 1.82) is 0 Å². The van der Waals surface area contributed by atoms with Crippen LogP contribution < -0.4 is 11.1 Å². The van der Waals surface area contributed by atoms with E-state index in [1.165, 1.54) is 0 Å². The van der Waals surface area contributed by atoms with Gasteiger partial charge in [-0.25, -0.2) is 0 Å². The lowest BCUT2D eigenvalue weighted by Crippen LogP contribution is -2.50. The normalized spacial score (nSPS) is 18.5. The first-order valence-corrected chi connectivity index (χ1v) is 6.92. The van der Waals surface area contributed by atoms with Gasteiger partial charge in [-0.15, -0.1) is 0 Å². The highest BCUT2D eigenvalue weighted by Gasteiger charge is 2.25. The first-order valence-electron chi connectivity index (χ1n) is 6.92. The van der Waals surface area contributed by atoms with Crippen LogP contribution in [-0.2, 0) is 9.59 Å². The van der Waals surface area contributed by atoms with Gasteiger partial charge in [0, 0.05) is 25.6 Å². The molecule has 1 atom stereocenters. The molecule has 1 aliphatic heterocycles. The Morgan fingerprint density at radius 2 is 1.94 bits per heavy atom. The second-order valence-electron chi connectivity index (χ2n) is 4.93. The Morgan fingerprint density at radius 3 is 2.44 bits per heavy atom. The van der Waals surface area contributed by atoms with Gasteiger partial charge in [-0.3, -0.25) is 9.59 Å². The van der Waals surface area contributed by atoms with Gasteiger partial charge < -0.3 is 16.0 Å². The number of hydrogen-bond acceptors (Lipinski definition) is 3. The topological polar surface area (TPSA) is 75.4 Å². The summed E-state index contributed by atoms with van der Waals surface area (Å²) in [6.07, 6.45) is 3.79. The average molecular weight is 255 g/mol. The third-order valence-electron chi connectivity index (χ3n) is 3.41. The van der Waals surface area contributed by atoms with E-state index in [0.717, 1.165) is 19.3 Å². The number of nitrogens with two attached hydrogens (primary N) is 1. The second kappa shape index (κ2) is 7.36. The zero-order chi connectivity index (χ0) is 13.5. The Labute approximate surface area is 109 Å². The fourth-order valence-corrected chi connectivity index (χ4v) is 2.18. The van der Waals surface area contributed by atoms with Crippen molar-refractivity contribution in [3.8, 4) is 0 Å². The van der Waals surface area contributed by atoms with E-state index < -0.39 is 0 Å². The molecule has 1 rings (SSSR count). The molecule has 0 spiro atoms. The first-order chi connectivity index (χ1) is 8.58. The Balaban J connectivity index is 2.32. The van der Waals surface area contributed by atoms with Crippen LogP contribution in [0.3, 0.4) is 0 Å². The largest absolute Gasteiger partial charge is 0.353 e. The van der Waals surface area contributed by atoms with Crippen molar-refractivity contribution in [2.75, 3.05) is 13.1 Å². The van der Waals surface area contributed by atoms with Crippen molar-refractivity contribution in [1.82, 2.24) is 10.2 Å². The fraction of sp³-hybridized carbons (Fsp3) is 0.846. The Morgan fingerprint density at radius 1 is 1.33 bits per heavy atom. The molecule has 18 heavy (non-hydrogen) atoms. The van der Waals surface area contributed by atoms with Crippen LogP contribution in [0.5, 0.6) is 0 Å². The molecule has 2 amide bonds. The van der Waals surface area contributed by atoms with Crippen LogP contribution in [0.4, 0.5) is 0 Å². The summed E-state index contributed by atoms with van der Waals surface area (Å²) in [6.45, 7) is 5.31. The summed E-state index contributed by atoms with van der Waals surface area (Å²) in [4.78, 5) is 25.2. The zero-order valence-electron chi connectivity index (χ0n) is 11.4. The number of nitrogens with one attached hydrogen (secondary N) is 1. The molecule has 0 aromatic carbocycles. The lowest BCUT2D eigenvalue weighted by molar-refractivity contribution is -0.133. The number of nitrogens with zero attached hydrogens (tertiary/aromatic N) is 1. The van der Waals surface area contributed by atoms with Crippen LogP contribution in [0.2, 0.25) is 0 Å². The van der Waals surface area contributed by atoms with Gasteiger partial charge in [0.2, 0.25) is 11.8 Å². The standard InChI is InChI=1S/C13H25N3O2/c1-3-5-12(17)15-10-6-8-16(9-7-10)13(18)11(14)4-2/h10-11H,3-9,14H2,1-2H3,(H,15,17)/t11-/m1/s1. The van der Waals surface area contributed by atoms with Gasteiger partial charge >= 0.3 is 0 Å². The molecule has 0 aromatic rings. The van der Waals surface area contributed by atoms with Crippen LogP contribution in [0, 0.1) is 0 Å². The maximum absolute atomic E-state index is 11.9. The molecule has 0 bridgehead atoms. The molecule has 1 aliphatic rings. The van der Waals surface area contributed by atoms with Gasteiger partial charge in [-0.05, 0) is 25.7 Å². The quantitative estimate of drug-likeness (QED) is 0.756. The van der Waals surface area contributed by atoms with Crippen molar-refractivity contribution >= 4 is 11.8 Å². The fourth-order valence-electron chi connectivity index (χ4n) is 2.18. The summed E-state index contributed by atoms with van der Waals surface area (Å²) >= 11 is 0. The number of rotatable bonds is 5. The van der Waals surface area contributed by atoms with Crippen molar-refractivity contribution in [2.24, 2.45) is 5.73 Å². The van der Waals surface area contributed by atoms with Crippen molar-refractivity contribution in [2.45, 2.75) is 58.0 Å². The van der Waals surface area contributed by atoms with E-state index in [-0.39, 0.29) is 23.9 Å². The van der Waals surface area contributed by atoms with E-state index in [0.29, 0.717) is 25.9 Å². The maximum atomic E-state index is 11.9. The molecular weight excluding hydrogens is 230 g/mol. The monoisotopic (exact) mass is 255 g/mol. The number of amides is 2. The van der Waals surface area contributed by atoms with Gasteiger partial charge in [-0.1, -0.05) is 13.8 Å². The number of piperidine rings is 1. The van der Waals surface area contributed by atoms with E-state index >= 15 is 0 Å². The predicted octanol–water partition coefficient (Wildman–Crippen LogP) is 0.631. The Bertz CT molecular complexity index is 286. The summed E-state index contributed by atoms with van der Waals surface area (Å²) in [7, 11) is 0. The lowest BCUT2D eigenvalue weighted by Gasteiger charge is -2.33. The lowest BCUT2D eigenvalue weighted by atomic mass is 10.0.